The molecule has 188 valence electrons. The number of anilines is 2. The van der Waals surface area contributed by atoms with Gasteiger partial charge < -0.3 is 20.8 Å². The lowest BCUT2D eigenvalue weighted by Crippen LogP contribution is -2.19. The largest absolute Gasteiger partial charge is 0.392 e. The molecule has 12 nitrogen and oxygen atoms in total. The normalized spacial score (nSPS) is 12.8. The van der Waals surface area contributed by atoms with Gasteiger partial charge in [-0.2, -0.15) is 10.5 Å². The molecular weight excluding hydrogens is 492 g/mol. The molecule has 3 aromatic heterocycles. The van der Waals surface area contributed by atoms with Gasteiger partial charge in [-0.15, -0.1) is 15.3 Å². The van der Waals surface area contributed by atoms with Gasteiger partial charge in [0.1, 0.15) is 29.2 Å². The number of para-hydroxylation sites is 1. The van der Waals surface area contributed by atoms with Crippen LogP contribution in [0, 0.1) is 29.6 Å². The lowest BCUT2D eigenvalue weighted by atomic mass is 10.1. The molecule has 3 heterocycles. The monoisotopic (exact) mass is 516 g/mol. The Morgan fingerprint density at radius 3 is 2.38 bits per heavy atom. The summed E-state index contributed by atoms with van der Waals surface area (Å²) in [7, 11) is 0. The maximum absolute atomic E-state index is 9.76. The molecule has 13 heteroatoms. The molecule has 4 rings (SSSR count). The molecule has 0 amide bonds. The third-order valence-electron chi connectivity index (χ3n) is 5.20. The van der Waals surface area contributed by atoms with Crippen molar-refractivity contribution in [1.29, 1.82) is 10.5 Å². The lowest BCUT2D eigenvalue weighted by Gasteiger charge is -2.16. The van der Waals surface area contributed by atoms with Gasteiger partial charge in [-0.05, 0) is 32.9 Å². The molecule has 0 fully saturated rings. The Kier molecular flexibility index (Phi) is 7.69. The molecule has 1 aromatic carbocycles. The van der Waals surface area contributed by atoms with Gasteiger partial charge in [0, 0.05) is 18.7 Å². The number of fused-ring (bicyclic) bond motifs is 1. The maximum atomic E-state index is 9.76. The summed E-state index contributed by atoms with van der Waals surface area (Å²) < 4.78 is 2.47. The second-order valence-corrected chi connectivity index (χ2v) is 9.33. The highest BCUT2D eigenvalue weighted by Gasteiger charge is 2.19. The number of nitrogens with zero attached hydrogens (tertiary/aromatic N) is 8. The van der Waals surface area contributed by atoms with Crippen molar-refractivity contribution >= 4 is 44.7 Å². The number of hydrogen-bond donors (Lipinski definition) is 4. The van der Waals surface area contributed by atoms with Gasteiger partial charge in [-0.1, -0.05) is 23.5 Å². The van der Waals surface area contributed by atoms with Crippen molar-refractivity contribution in [3.63, 3.8) is 0 Å². The third kappa shape index (κ3) is 5.70. The van der Waals surface area contributed by atoms with Crippen LogP contribution in [0.25, 0.3) is 15.3 Å². The molecule has 0 saturated heterocycles. The van der Waals surface area contributed by atoms with Crippen LogP contribution in [0.2, 0.25) is 0 Å². The first kappa shape index (κ1) is 25.7. The molecule has 2 atom stereocenters. The topological polar surface area (TPSA) is 180 Å². The van der Waals surface area contributed by atoms with Gasteiger partial charge in [0.2, 0.25) is 10.9 Å². The van der Waals surface area contributed by atoms with Gasteiger partial charge in [-0.25, -0.2) is 14.6 Å². The van der Waals surface area contributed by atoms with Gasteiger partial charge in [-0.3, -0.25) is 0 Å². The number of pyridine rings is 1. The van der Waals surface area contributed by atoms with Crippen LogP contribution in [0.4, 0.5) is 23.1 Å². The van der Waals surface area contributed by atoms with E-state index in [2.05, 4.69) is 48.1 Å². The summed E-state index contributed by atoms with van der Waals surface area (Å²) in [6.07, 6.45) is 0.205. The number of hydrogen-bond acceptors (Lipinski definition) is 12. The van der Waals surface area contributed by atoms with Crippen molar-refractivity contribution in [2.75, 3.05) is 23.7 Å². The van der Waals surface area contributed by atoms with E-state index in [-0.39, 0.29) is 47.4 Å². The van der Waals surface area contributed by atoms with Gasteiger partial charge in [0.25, 0.3) is 0 Å². The van der Waals surface area contributed by atoms with Gasteiger partial charge >= 0.3 is 0 Å². The Balaban J connectivity index is 1.74. The highest BCUT2D eigenvalue weighted by atomic mass is 32.1. The fourth-order valence-electron chi connectivity index (χ4n) is 3.36. The SMILES string of the molecule is Cc1c(C#N)c(NCC(C)O)nc(NCC(C)O)c1N=Nc1nn(-c2nc3ccccc3s2)cc1C#N. The number of nitrogens with one attached hydrogen (secondary N) is 2. The zero-order chi connectivity index (χ0) is 26.5. The minimum Gasteiger partial charge on any atom is -0.392 e. The van der Waals surface area contributed by atoms with E-state index in [4.69, 9.17) is 0 Å². The van der Waals surface area contributed by atoms with E-state index in [9.17, 15) is 20.7 Å². The van der Waals surface area contributed by atoms with Crippen LogP contribution in [0.5, 0.6) is 0 Å². The second kappa shape index (κ2) is 11.1. The summed E-state index contributed by atoms with van der Waals surface area (Å²) in [6.45, 7) is 5.28. The first-order valence-corrected chi connectivity index (χ1v) is 12.2. The first-order valence-electron chi connectivity index (χ1n) is 11.4. The average molecular weight is 517 g/mol. The van der Waals surface area contributed by atoms with Crippen molar-refractivity contribution in [2.24, 2.45) is 10.2 Å². The standard InChI is InChI=1S/C24H24N10O2S/c1-13(35)10-27-22-17(9-26)15(3)20(23(30-22)28-11-14(2)36)31-32-21-16(8-25)12-34(33-21)24-29-18-6-4-5-7-19(18)37-24/h4-7,12-14,35-36H,10-11H2,1-3H3,(H2,27,28,30). The molecule has 2 unspecified atom stereocenters. The number of azo groups is 1. The van der Waals surface area contributed by atoms with E-state index in [1.807, 2.05) is 24.3 Å². The third-order valence-corrected chi connectivity index (χ3v) is 6.22. The van der Waals surface area contributed by atoms with Crippen LogP contribution >= 0.6 is 11.3 Å². The number of thiazole rings is 1. The molecule has 0 aliphatic rings. The maximum Gasteiger partial charge on any atom is 0.213 e. The molecule has 4 aromatic rings. The number of aliphatic hydroxyl groups is 2. The zero-order valence-electron chi connectivity index (χ0n) is 20.3. The number of benzene rings is 1. The Hall–Kier alpha value is -4.43. The molecular formula is C24H24N10O2S. The molecule has 0 radical (unpaired) electrons. The Morgan fingerprint density at radius 1 is 1.03 bits per heavy atom. The molecule has 0 aliphatic heterocycles. The van der Waals surface area contributed by atoms with Gasteiger partial charge in [0.15, 0.2) is 5.82 Å². The van der Waals surface area contributed by atoms with E-state index in [0.717, 1.165) is 10.2 Å². The minimum absolute atomic E-state index is 0.0810. The molecule has 0 bridgehead atoms. The van der Waals surface area contributed by atoms with E-state index >= 15 is 0 Å². The average Bonchev–Trinajstić information content (AvgIpc) is 3.49. The van der Waals surface area contributed by atoms with Crippen molar-refractivity contribution in [3.8, 4) is 17.3 Å². The van der Waals surface area contributed by atoms with E-state index in [1.165, 1.54) is 22.2 Å². The molecule has 0 aliphatic carbocycles. The smallest absolute Gasteiger partial charge is 0.213 e. The lowest BCUT2D eigenvalue weighted by molar-refractivity contribution is 0.208. The molecule has 4 N–H and O–H groups in total. The first-order chi connectivity index (χ1) is 17.8. The summed E-state index contributed by atoms with van der Waals surface area (Å²) in [5, 5.41) is 58.3. The van der Waals surface area contributed by atoms with E-state index in [1.54, 1.807) is 20.8 Å². The summed E-state index contributed by atoms with van der Waals surface area (Å²) >= 11 is 1.43. The number of aromatic nitrogens is 4. The van der Waals surface area contributed by atoms with Crippen LogP contribution in [-0.2, 0) is 0 Å². The van der Waals surface area contributed by atoms with Gasteiger partial charge in [0.05, 0.1) is 34.2 Å². The van der Waals surface area contributed by atoms with Crippen molar-refractivity contribution in [1.82, 2.24) is 19.7 Å². The molecule has 0 saturated carbocycles. The van der Waals surface area contributed by atoms with Crippen molar-refractivity contribution < 1.29 is 10.2 Å². The van der Waals surface area contributed by atoms with E-state index < -0.39 is 12.2 Å². The molecule has 0 spiro atoms. The Bertz CT molecular complexity index is 1510. The van der Waals surface area contributed by atoms with Crippen molar-refractivity contribution in [3.05, 3.63) is 47.2 Å². The van der Waals surface area contributed by atoms with Crippen LogP contribution in [0.15, 0.2) is 40.7 Å². The Labute approximate surface area is 216 Å². The summed E-state index contributed by atoms with van der Waals surface area (Å²) in [5.41, 5.74) is 1.99. The van der Waals surface area contributed by atoms with Crippen LogP contribution in [-0.4, -0.2) is 55.3 Å². The summed E-state index contributed by atoms with van der Waals surface area (Å²) in [6, 6.07) is 11.9. The summed E-state index contributed by atoms with van der Waals surface area (Å²) in [5.74, 6) is 0.626. The summed E-state index contributed by atoms with van der Waals surface area (Å²) in [4.78, 5) is 9.01. The zero-order valence-corrected chi connectivity index (χ0v) is 21.2. The highest BCUT2D eigenvalue weighted by Crippen LogP contribution is 2.35. The van der Waals surface area contributed by atoms with Crippen LogP contribution in [0.3, 0.4) is 0 Å². The fraction of sp³-hybridized carbons (Fsp3) is 0.292. The Morgan fingerprint density at radius 2 is 1.73 bits per heavy atom. The second-order valence-electron chi connectivity index (χ2n) is 8.32. The van der Waals surface area contributed by atoms with E-state index in [0.29, 0.717) is 10.7 Å². The fourth-order valence-corrected chi connectivity index (χ4v) is 4.26. The van der Waals surface area contributed by atoms with Crippen LogP contribution in [0.1, 0.15) is 30.5 Å². The number of aliphatic hydroxyl groups excluding tert-OH is 2. The quantitative estimate of drug-likeness (QED) is 0.240. The highest BCUT2D eigenvalue weighted by molar-refractivity contribution is 7.20. The van der Waals surface area contributed by atoms with Crippen molar-refractivity contribution in [2.45, 2.75) is 33.0 Å². The number of rotatable bonds is 9. The predicted molar refractivity (Wildman–Crippen MR) is 140 cm³/mol. The predicted octanol–water partition coefficient (Wildman–Crippen LogP) is 3.93. The number of nitriles is 2. The molecule has 37 heavy (non-hydrogen) atoms. The van der Waals surface area contributed by atoms with Crippen LogP contribution < -0.4 is 10.6 Å². The minimum atomic E-state index is -0.675.